The van der Waals surface area contributed by atoms with Crippen molar-refractivity contribution in [2.24, 2.45) is 0 Å². The van der Waals surface area contributed by atoms with Gasteiger partial charge in [-0.15, -0.1) is 0 Å². The maximum atomic E-state index is 13.1. The summed E-state index contributed by atoms with van der Waals surface area (Å²) in [4.78, 5) is 11.1. The third kappa shape index (κ3) is 3.26. The van der Waals surface area contributed by atoms with Gasteiger partial charge in [0.2, 0.25) is 0 Å². The summed E-state index contributed by atoms with van der Waals surface area (Å²) in [5.74, 6) is -15.3. The number of hydrogen-bond donors (Lipinski definition) is 1. The molecular formula is C11H4F7IN2O. The minimum absolute atomic E-state index is 0.0103. The minimum atomic E-state index is -6.59. The second-order valence-corrected chi connectivity index (χ2v) is 5.07. The summed E-state index contributed by atoms with van der Waals surface area (Å²) in [6.07, 6.45) is -6.59. The van der Waals surface area contributed by atoms with Crippen LogP contribution in [0.15, 0.2) is 18.2 Å². The second-order valence-electron chi connectivity index (χ2n) is 3.91. The van der Waals surface area contributed by atoms with Crippen LogP contribution in [0.5, 0.6) is 0 Å². The zero-order chi connectivity index (χ0) is 17.3. The summed E-state index contributed by atoms with van der Waals surface area (Å²) in [6.45, 7) is 0. The molecule has 0 radical (unpaired) electrons. The first-order chi connectivity index (χ1) is 9.84. The number of nitrogens with zero attached hydrogens (tertiary/aromatic N) is 1. The first-order valence-electron chi connectivity index (χ1n) is 5.18. The largest absolute Gasteiger partial charge is 0.460 e. The fourth-order valence-electron chi connectivity index (χ4n) is 1.21. The SMILES string of the molecule is N#Cc1ccc(NC(=O)C(F)(F)C(F)(F)C(F)(F)F)c(I)c1. The number of carbonyl (C=O) groups is 1. The number of benzene rings is 1. The van der Waals surface area contributed by atoms with Crippen LogP contribution in [-0.2, 0) is 4.79 Å². The average Bonchev–Trinajstić information content (AvgIpc) is 2.39. The zero-order valence-corrected chi connectivity index (χ0v) is 12.3. The van der Waals surface area contributed by atoms with Gasteiger partial charge in [0.05, 0.1) is 17.3 Å². The zero-order valence-electron chi connectivity index (χ0n) is 10.1. The summed E-state index contributed by atoms with van der Waals surface area (Å²) in [6, 6.07) is 4.81. The molecule has 120 valence electrons. The van der Waals surface area contributed by atoms with Gasteiger partial charge in [-0.05, 0) is 40.8 Å². The molecule has 1 rings (SSSR count). The van der Waals surface area contributed by atoms with Crippen molar-refractivity contribution in [1.29, 1.82) is 5.26 Å². The molecule has 0 unspecified atom stereocenters. The second kappa shape index (κ2) is 5.90. The first kappa shape index (κ1) is 18.5. The quantitative estimate of drug-likeness (QED) is 0.573. The highest BCUT2D eigenvalue weighted by atomic mass is 127. The Morgan fingerprint density at radius 2 is 1.68 bits per heavy atom. The molecule has 0 spiro atoms. The van der Waals surface area contributed by atoms with Crippen molar-refractivity contribution in [3.05, 3.63) is 27.3 Å². The fourth-order valence-corrected chi connectivity index (χ4v) is 1.86. The molecule has 1 aromatic carbocycles. The van der Waals surface area contributed by atoms with Crippen LogP contribution in [0.3, 0.4) is 0 Å². The molecular weight excluding hydrogens is 436 g/mol. The van der Waals surface area contributed by atoms with Crippen LogP contribution in [0.2, 0.25) is 0 Å². The van der Waals surface area contributed by atoms with E-state index in [2.05, 4.69) is 0 Å². The van der Waals surface area contributed by atoms with E-state index in [9.17, 15) is 35.5 Å². The molecule has 0 heterocycles. The molecule has 0 bridgehead atoms. The van der Waals surface area contributed by atoms with E-state index in [0.29, 0.717) is 0 Å². The van der Waals surface area contributed by atoms with Crippen molar-refractivity contribution in [2.45, 2.75) is 18.0 Å². The number of amides is 1. The number of carbonyl (C=O) groups excluding carboxylic acids is 1. The number of rotatable bonds is 3. The molecule has 22 heavy (non-hydrogen) atoms. The van der Waals surface area contributed by atoms with Crippen LogP contribution < -0.4 is 5.32 Å². The molecule has 0 aliphatic carbocycles. The van der Waals surface area contributed by atoms with Gasteiger partial charge in [-0.2, -0.15) is 36.0 Å². The molecule has 11 heteroatoms. The Labute approximate surface area is 132 Å². The van der Waals surface area contributed by atoms with Crippen LogP contribution in [-0.4, -0.2) is 23.9 Å². The fraction of sp³-hybridized carbons (Fsp3) is 0.273. The van der Waals surface area contributed by atoms with E-state index in [4.69, 9.17) is 5.26 Å². The maximum absolute atomic E-state index is 13.1. The topological polar surface area (TPSA) is 52.9 Å². The van der Waals surface area contributed by atoms with Gasteiger partial charge in [0.1, 0.15) is 0 Å². The first-order valence-corrected chi connectivity index (χ1v) is 6.26. The predicted octanol–water partition coefficient (Wildman–Crippen LogP) is 3.93. The Morgan fingerprint density at radius 3 is 2.09 bits per heavy atom. The van der Waals surface area contributed by atoms with Crippen LogP contribution in [0.25, 0.3) is 0 Å². The van der Waals surface area contributed by atoms with Gasteiger partial charge in [-0.25, -0.2) is 0 Å². The Balaban J connectivity index is 3.10. The lowest BCUT2D eigenvalue weighted by molar-refractivity contribution is -0.343. The van der Waals surface area contributed by atoms with Crippen LogP contribution >= 0.6 is 22.6 Å². The molecule has 0 fully saturated rings. The Morgan fingerprint density at radius 1 is 1.14 bits per heavy atom. The highest BCUT2D eigenvalue weighted by Gasteiger charge is 2.76. The summed E-state index contributed by atoms with van der Waals surface area (Å²) in [5.41, 5.74) is -0.350. The van der Waals surface area contributed by atoms with Crippen molar-refractivity contribution in [3.8, 4) is 6.07 Å². The Bertz CT molecular complexity index is 636. The van der Waals surface area contributed by atoms with Crippen molar-refractivity contribution in [1.82, 2.24) is 0 Å². The number of hydrogen-bond acceptors (Lipinski definition) is 2. The van der Waals surface area contributed by atoms with Crippen molar-refractivity contribution in [2.75, 3.05) is 5.32 Å². The summed E-state index contributed by atoms with van der Waals surface area (Å²) < 4.78 is 87.5. The van der Waals surface area contributed by atoms with Gasteiger partial charge in [0.25, 0.3) is 0 Å². The summed E-state index contributed by atoms with van der Waals surface area (Å²) in [5, 5.41) is 9.87. The van der Waals surface area contributed by atoms with Crippen LogP contribution in [0, 0.1) is 14.9 Å². The Kier molecular flexibility index (Phi) is 4.95. The number of anilines is 1. The monoisotopic (exact) mass is 440 g/mol. The van der Waals surface area contributed by atoms with Gasteiger partial charge in [-0.3, -0.25) is 4.79 Å². The van der Waals surface area contributed by atoms with E-state index >= 15 is 0 Å². The van der Waals surface area contributed by atoms with Crippen molar-refractivity contribution >= 4 is 34.2 Å². The van der Waals surface area contributed by atoms with Crippen molar-refractivity contribution in [3.63, 3.8) is 0 Å². The van der Waals surface area contributed by atoms with E-state index in [1.807, 2.05) is 0 Å². The predicted molar refractivity (Wildman–Crippen MR) is 68.5 cm³/mol. The lowest BCUT2D eigenvalue weighted by Gasteiger charge is -2.27. The smallest absolute Gasteiger partial charge is 0.320 e. The number of nitriles is 1. The van der Waals surface area contributed by atoms with E-state index < -0.39 is 29.6 Å². The lowest BCUT2D eigenvalue weighted by Crippen LogP contribution is -2.57. The minimum Gasteiger partial charge on any atom is -0.320 e. The molecule has 0 saturated heterocycles. The standard InChI is InChI=1S/C11H4F7IN2O/c12-9(13,10(14,15)11(16,17)18)8(22)21-7-2-1-5(4-20)3-6(7)19/h1-3H,(H,21,22). The van der Waals surface area contributed by atoms with E-state index in [1.165, 1.54) is 27.9 Å². The molecule has 0 aliphatic heterocycles. The van der Waals surface area contributed by atoms with E-state index in [-0.39, 0.29) is 9.13 Å². The summed E-state index contributed by atoms with van der Waals surface area (Å²) >= 11 is 1.49. The van der Waals surface area contributed by atoms with E-state index in [1.54, 1.807) is 6.07 Å². The highest BCUT2D eigenvalue weighted by molar-refractivity contribution is 14.1. The lowest BCUT2D eigenvalue weighted by atomic mass is 10.1. The molecule has 0 saturated carbocycles. The van der Waals surface area contributed by atoms with Crippen molar-refractivity contribution < 1.29 is 35.5 Å². The number of alkyl halides is 7. The Hall–Kier alpha value is -1.58. The molecule has 1 N–H and O–H groups in total. The molecule has 1 amide bonds. The van der Waals surface area contributed by atoms with Gasteiger partial charge < -0.3 is 5.32 Å². The van der Waals surface area contributed by atoms with E-state index in [0.717, 1.165) is 18.2 Å². The van der Waals surface area contributed by atoms with Crippen LogP contribution in [0.1, 0.15) is 5.56 Å². The molecule has 0 aliphatic rings. The van der Waals surface area contributed by atoms with Gasteiger partial charge >= 0.3 is 23.9 Å². The molecule has 1 aromatic rings. The maximum Gasteiger partial charge on any atom is 0.460 e. The van der Waals surface area contributed by atoms with Gasteiger partial charge in [-0.1, -0.05) is 0 Å². The number of halogens is 8. The highest BCUT2D eigenvalue weighted by Crippen LogP contribution is 2.46. The average molecular weight is 440 g/mol. The summed E-state index contributed by atoms with van der Waals surface area (Å²) in [7, 11) is 0. The van der Waals surface area contributed by atoms with Gasteiger partial charge in [0, 0.05) is 3.57 Å². The van der Waals surface area contributed by atoms with Gasteiger partial charge in [0.15, 0.2) is 0 Å². The number of nitrogens with one attached hydrogen (secondary N) is 1. The molecule has 3 nitrogen and oxygen atoms in total. The molecule has 0 atom stereocenters. The third-order valence-corrected chi connectivity index (χ3v) is 3.27. The normalized spacial score (nSPS) is 12.7. The molecule has 0 aromatic heterocycles. The third-order valence-electron chi connectivity index (χ3n) is 2.38. The van der Waals surface area contributed by atoms with Crippen LogP contribution in [0.4, 0.5) is 36.4 Å².